The Balaban J connectivity index is 2.83. The number of allylic oxidation sites excluding steroid dienone is 4. The third kappa shape index (κ3) is 13.7. The van der Waals surface area contributed by atoms with Gasteiger partial charge in [0.2, 0.25) is 0 Å². The van der Waals surface area contributed by atoms with Crippen LogP contribution in [0, 0.1) is 29.6 Å². The number of hydrogen-bond donors (Lipinski definition) is 5. The molecule has 0 aliphatic heterocycles. The fourth-order valence-corrected chi connectivity index (χ4v) is 6.54. The van der Waals surface area contributed by atoms with Crippen LogP contribution in [-0.4, -0.2) is 101 Å². The predicted molar refractivity (Wildman–Crippen MR) is 178 cm³/mol. The molecule has 5 N–H and O–H groups in total. The van der Waals surface area contributed by atoms with E-state index in [0.29, 0.717) is 32.1 Å². The van der Waals surface area contributed by atoms with Crippen molar-refractivity contribution < 1.29 is 49.3 Å². The van der Waals surface area contributed by atoms with Crippen molar-refractivity contribution in [2.45, 2.75) is 129 Å². The minimum absolute atomic E-state index is 0.0758. The summed E-state index contributed by atoms with van der Waals surface area (Å²) in [6, 6.07) is 0. The molecule has 0 aromatic carbocycles. The van der Waals surface area contributed by atoms with Crippen LogP contribution in [0.4, 0.5) is 0 Å². The second-order valence-electron chi connectivity index (χ2n) is 13.6. The average Bonchev–Trinajstić information content (AvgIpc) is 3.01. The molecule has 0 saturated heterocycles. The second kappa shape index (κ2) is 21.1. The first-order chi connectivity index (χ1) is 21.6. The van der Waals surface area contributed by atoms with E-state index in [-0.39, 0.29) is 36.6 Å². The zero-order chi connectivity index (χ0) is 35.1. The van der Waals surface area contributed by atoms with Gasteiger partial charge >= 0.3 is 5.97 Å². The van der Waals surface area contributed by atoms with Crippen LogP contribution >= 0.6 is 0 Å². The lowest BCUT2D eigenvalue weighted by molar-refractivity contribution is -0.145. The molecule has 12 atom stereocenters. The number of ketones is 1. The summed E-state index contributed by atoms with van der Waals surface area (Å²) in [5.74, 6) is -2.56. The van der Waals surface area contributed by atoms with E-state index in [0.717, 1.165) is 17.6 Å². The van der Waals surface area contributed by atoms with Crippen LogP contribution < -0.4 is 0 Å². The fourth-order valence-electron chi connectivity index (χ4n) is 6.54. The van der Waals surface area contributed by atoms with Gasteiger partial charge in [0.25, 0.3) is 0 Å². The monoisotopic (exact) mass is 654 g/mol. The van der Waals surface area contributed by atoms with E-state index in [1.165, 1.54) is 14.2 Å². The number of carbonyl (C=O) groups excluding carboxylic acids is 1. The minimum atomic E-state index is -1.03. The molecule has 1 fully saturated rings. The molecule has 1 aliphatic carbocycles. The molecule has 46 heavy (non-hydrogen) atoms. The van der Waals surface area contributed by atoms with E-state index in [9.17, 15) is 35.1 Å². The van der Waals surface area contributed by atoms with Crippen molar-refractivity contribution in [2.24, 2.45) is 29.6 Å². The number of methoxy groups -OCH3 is 3. The summed E-state index contributed by atoms with van der Waals surface area (Å²) < 4.78 is 16.4. The molecule has 0 heterocycles. The maximum atomic E-state index is 13.3. The highest BCUT2D eigenvalue weighted by Gasteiger charge is 2.33. The summed E-state index contributed by atoms with van der Waals surface area (Å²) in [6.45, 7) is 12.9. The average molecular weight is 655 g/mol. The molecule has 0 aromatic heterocycles. The van der Waals surface area contributed by atoms with Crippen molar-refractivity contribution in [3.05, 3.63) is 36.0 Å². The third-order valence-corrected chi connectivity index (χ3v) is 9.58. The van der Waals surface area contributed by atoms with Crippen LogP contribution in [0.25, 0.3) is 0 Å². The van der Waals surface area contributed by atoms with Gasteiger partial charge in [0, 0.05) is 39.6 Å². The van der Waals surface area contributed by atoms with Crippen molar-refractivity contribution in [1.82, 2.24) is 0 Å². The summed E-state index contributed by atoms with van der Waals surface area (Å²) in [7, 11) is 4.54. The maximum absolute atomic E-state index is 13.3. The van der Waals surface area contributed by atoms with E-state index < -0.39 is 60.3 Å². The maximum Gasteiger partial charge on any atom is 0.306 e. The number of hydrogen-bond acceptors (Lipinski definition) is 9. The molecule has 1 rings (SSSR count). The number of carboxylic acid groups (broad SMARTS) is 1. The fraction of sp³-hybridized carbons (Fsp3) is 0.778. The number of Topliss-reactive ketones (excluding diaryl/α,β-unsaturated/α-hetero) is 1. The van der Waals surface area contributed by atoms with Crippen LogP contribution in [-0.2, 0) is 23.8 Å². The molecule has 0 amide bonds. The lowest BCUT2D eigenvalue weighted by Gasteiger charge is -2.32. The van der Waals surface area contributed by atoms with E-state index in [1.54, 1.807) is 27.0 Å². The quantitative estimate of drug-likeness (QED) is 0.105. The van der Waals surface area contributed by atoms with Crippen molar-refractivity contribution in [2.75, 3.05) is 21.3 Å². The van der Waals surface area contributed by atoms with Crippen LogP contribution in [0.2, 0.25) is 0 Å². The molecule has 10 nitrogen and oxygen atoms in total. The Hall–Kier alpha value is -1.92. The smallest absolute Gasteiger partial charge is 0.306 e. The summed E-state index contributed by atoms with van der Waals surface area (Å²) >= 11 is 0. The number of rotatable bonds is 22. The zero-order valence-electron chi connectivity index (χ0n) is 29.3. The van der Waals surface area contributed by atoms with Gasteiger partial charge in [0.15, 0.2) is 0 Å². The Bertz CT molecular complexity index is 993. The highest BCUT2D eigenvalue weighted by Crippen LogP contribution is 2.30. The first kappa shape index (κ1) is 42.1. The largest absolute Gasteiger partial charge is 0.481 e. The van der Waals surface area contributed by atoms with Gasteiger partial charge < -0.3 is 39.7 Å². The highest BCUT2D eigenvalue weighted by atomic mass is 16.5. The summed E-state index contributed by atoms with van der Waals surface area (Å²) in [4.78, 5) is 24.6. The van der Waals surface area contributed by atoms with Crippen LogP contribution in [0.15, 0.2) is 36.0 Å². The van der Waals surface area contributed by atoms with Gasteiger partial charge in [0.05, 0.1) is 42.5 Å². The van der Waals surface area contributed by atoms with Crippen LogP contribution in [0.5, 0.6) is 0 Å². The SMILES string of the molecule is C=CCC(C=C(C)CC(C)CC(OC)C(O)C(CC(C)C(=O)O)OC)C(=O)CC(O)C(C)C(O)C(C)=CC1CCC(O)C(OC)C1. The molecule has 1 aliphatic rings. The van der Waals surface area contributed by atoms with Crippen molar-refractivity contribution in [3.63, 3.8) is 0 Å². The molecule has 0 spiro atoms. The molecule has 0 radical (unpaired) electrons. The third-order valence-electron chi connectivity index (χ3n) is 9.58. The predicted octanol–water partition coefficient (Wildman–Crippen LogP) is 4.48. The summed E-state index contributed by atoms with van der Waals surface area (Å²) in [6.07, 6.45) is 4.35. The normalized spacial score (nSPS) is 25.4. The summed E-state index contributed by atoms with van der Waals surface area (Å²) in [5.41, 5.74) is 1.71. The molecular formula is C36H62O10. The van der Waals surface area contributed by atoms with Crippen molar-refractivity contribution in [3.8, 4) is 0 Å². The van der Waals surface area contributed by atoms with Gasteiger partial charge in [-0.3, -0.25) is 9.59 Å². The Labute approximate surface area is 276 Å². The number of ether oxygens (including phenoxy) is 3. The first-order valence-electron chi connectivity index (χ1n) is 16.6. The zero-order valence-corrected chi connectivity index (χ0v) is 29.3. The van der Waals surface area contributed by atoms with Gasteiger partial charge in [-0.05, 0) is 76.2 Å². The van der Waals surface area contributed by atoms with Gasteiger partial charge in [-0.2, -0.15) is 0 Å². The van der Waals surface area contributed by atoms with Gasteiger partial charge in [-0.1, -0.05) is 44.6 Å². The molecule has 10 heteroatoms. The van der Waals surface area contributed by atoms with Crippen molar-refractivity contribution >= 4 is 11.8 Å². The number of aliphatic hydroxyl groups is 4. The van der Waals surface area contributed by atoms with Crippen LogP contribution in [0.1, 0.15) is 86.0 Å². The molecule has 266 valence electrons. The number of carbonyl (C=O) groups is 2. The Morgan fingerprint density at radius 2 is 1.57 bits per heavy atom. The van der Waals surface area contributed by atoms with E-state index in [2.05, 4.69) is 6.58 Å². The van der Waals surface area contributed by atoms with E-state index in [4.69, 9.17) is 14.2 Å². The molecular weight excluding hydrogens is 592 g/mol. The number of aliphatic hydroxyl groups excluding tert-OH is 4. The molecule has 0 bridgehead atoms. The number of aliphatic carboxylic acids is 1. The number of carboxylic acids is 1. The minimum Gasteiger partial charge on any atom is -0.481 e. The highest BCUT2D eigenvalue weighted by molar-refractivity contribution is 5.83. The Morgan fingerprint density at radius 3 is 2.11 bits per heavy atom. The standard InChI is InChI=1S/C36H62O10/c1-10-11-27(15-21(2)14-22(3)16-32(45-8)35(41)33(46-9)18-24(5)36(42)43)30(39)20-29(38)25(6)34(40)23(4)17-26-12-13-28(37)31(19-26)44-7/h10,15,17,22,24-29,31-35,37-38,40-41H,1,11-14,16,18-20H2,2-9H3,(H,42,43). The van der Waals surface area contributed by atoms with Crippen LogP contribution in [0.3, 0.4) is 0 Å². The topological polar surface area (TPSA) is 163 Å². The van der Waals surface area contributed by atoms with Gasteiger partial charge in [-0.15, -0.1) is 6.58 Å². The lowest BCUT2D eigenvalue weighted by Crippen LogP contribution is -2.42. The Kier molecular flexibility index (Phi) is 19.3. The van der Waals surface area contributed by atoms with E-state index >= 15 is 0 Å². The molecule has 0 aromatic rings. The van der Waals surface area contributed by atoms with Gasteiger partial charge in [0.1, 0.15) is 11.9 Å². The first-order valence-corrected chi connectivity index (χ1v) is 16.6. The molecule has 12 unspecified atom stereocenters. The van der Waals surface area contributed by atoms with E-state index in [1.807, 2.05) is 32.9 Å². The molecule has 1 saturated carbocycles. The summed E-state index contributed by atoms with van der Waals surface area (Å²) in [5, 5.41) is 52.2. The Morgan fingerprint density at radius 1 is 0.957 bits per heavy atom. The second-order valence-corrected chi connectivity index (χ2v) is 13.6. The van der Waals surface area contributed by atoms with Gasteiger partial charge in [-0.25, -0.2) is 0 Å². The lowest BCUT2D eigenvalue weighted by atomic mass is 9.82. The van der Waals surface area contributed by atoms with Crippen molar-refractivity contribution in [1.29, 1.82) is 0 Å².